The summed E-state index contributed by atoms with van der Waals surface area (Å²) in [4.78, 5) is 10.5. The summed E-state index contributed by atoms with van der Waals surface area (Å²) in [6, 6.07) is 5.15. The molecule has 1 rings (SSSR count). The van der Waals surface area contributed by atoms with Crippen molar-refractivity contribution in [1.29, 1.82) is 0 Å². The van der Waals surface area contributed by atoms with Crippen LogP contribution in [0.3, 0.4) is 0 Å². The Labute approximate surface area is 127 Å². The number of aliphatic hydroxyl groups excluding tert-OH is 1. The molecule has 0 unspecified atom stereocenters. The monoisotopic (exact) mass is 344 g/mol. The van der Waals surface area contributed by atoms with E-state index in [4.69, 9.17) is 5.11 Å². The number of nitro benzene ring substituents is 1. The van der Waals surface area contributed by atoms with Gasteiger partial charge in [0.2, 0.25) is 0 Å². The van der Waals surface area contributed by atoms with Gasteiger partial charge in [0.05, 0.1) is 9.40 Å². The lowest BCUT2D eigenvalue weighted by Gasteiger charge is -2.24. The normalized spacial score (nSPS) is 11.6. The fourth-order valence-electron chi connectivity index (χ4n) is 2.00. The highest BCUT2D eigenvalue weighted by molar-refractivity contribution is 9.10. The fourth-order valence-corrected chi connectivity index (χ4v) is 2.39. The minimum atomic E-state index is -0.390. The summed E-state index contributed by atoms with van der Waals surface area (Å²) in [5.74, 6) is 0. The summed E-state index contributed by atoms with van der Waals surface area (Å²) in [6.07, 6.45) is 1.73. The molecule has 0 aromatic heterocycles. The minimum Gasteiger partial charge on any atom is -0.396 e. The van der Waals surface area contributed by atoms with Crippen LogP contribution in [0.2, 0.25) is 0 Å². The SMILES string of the molecule is CC(C)(CCCO)CNCc1ccc(Br)c([N+](=O)[O-])c1. The first-order valence-electron chi connectivity index (χ1n) is 6.60. The number of hydrogen-bond acceptors (Lipinski definition) is 4. The molecule has 0 atom stereocenters. The molecule has 5 nitrogen and oxygen atoms in total. The summed E-state index contributed by atoms with van der Waals surface area (Å²) in [5, 5.41) is 23.0. The second kappa shape index (κ2) is 7.71. The van der Waals surface area contributed by atoms with Crippen molar-refractivity contribution in [2.45, 2.75) is 33.2 Å². The summed E-state index contributed by atoms with van der Waals surface area (Å²) >= 11 is 3.17. The Hall–Kier alpha value is -0.980. The Morgan fingerprint density at radius 3 is 2.75 bits per heavy atom. The highest BCUT2D eigenvalue weighted by Crippen LogP contribution is 2.26. The van der Waals surface area contributed by atoms with Crippen LogP contribution < -0.4 is 5.32 Å². The van der Waals surface area contributed by atoms with Gasteiger partial charge < -0.3 is 10.4 Å². The molecule has 0 aliphatic heterocycles. The molecule has 0 heterocycles. The summed E-state index contributed by atoms with van der Waals surface area (Å²) < 4.78 is 0.495. The molecular formula is C14H21BrN2O3. The van der Waals surface area contributed by atoms with E-state index in [1.165, 1.54) is 0 Å². The molecule has 0 spiro atoms. The molecular weight excluding hydrogens is 324 g/mol. The van der Waals surface area contributed by atoms with Gasteiger partial charge in [0.1, 0.15) is 0 Å². The second-order valence-corrected chi connectivity index (χ2v) is 6.49. The smallest absolute Gasteiger partial charge is 0.283 e. The average Bonchev–Trinajstić information content (AvgIpc) is 2.38. The summed E-state index contributed by atoms with van der Waals surface area (Å²) in [6.45, 7) is 5.88. The predicted octanol–water partition coefficient (Wildman–Crippen LogP) is 3.25. The number of hydrogen-bond donors (Lipinski definition) is 2. The molecule has 0 aliphatic carbocycles. The first-order chi connectivity index (χ1) is 9.35. The third-order valence-electron chi connectivity index (χ3n) is 3.15. The molecule has 112 valence electrons. The standard InChI is InChI=1S/C14H21BrN2O3/c1-14(2,6-3-7-18)10-16-9-11-4-5-12(15)13(8-11)17(19)20/h4-5,8,16,18H,3,6-7,9-10H2,1-2H3. The Morgan fingerprint density at radius 2 is 2.15 bits per heavy atom. The minimum absolute atomic E-state index is 0.0869. The zero-order chi connectivity index (χ0) is 15.2. The van der Waals surface area contributed by atoms with E-state index >= 15 is 0 Å². The molecule has 0 amide bonds. The van der Waals surface area contributed by atoms with E-state index in [9.17, 15) is 10.1 Å². The molecule has 6 heteroatoms. The molecule has 0 aliphatic rings. The molecule has 0 fully saturated rings. The zero-order valence-electron chi connectivity index (χ0n) is 11.9. The average molecular weight is 345 g/mol. The van der Waals surface area contributed by atoms with Gasteiger partial charge in [-0.15, -0.1) is 0 Å². The van der Waals surface area contributed by atoms with Crippen molar-refractivity contribution in [2.75, 3.05) is 13.2 Å². The van der Waals surface area contributed by atoms with Crippen molar-refractivity contribution in [1.82, 2.24) is 5.32 Å². The highest BCUT2D eigenvalue weighted by atomic mass is 79.9. The van der Waals surface area contributed by atoms with Crippen molar-refractivity contribution in [3.8, 4) is 0 Å². The van der Waals surface area contributed by atoms with Gasteiger partial charge in [0, 0.05) is 25.8 Å². The van der Waals surface area contributed by atoms with Gasteiger partial charge in [0.25, 0.3) is 5.69 Å². The highest BCUT2D eigenvalue weighted by Gasteiger charge is 2.17. The third kappa shape index (κ3) is 5.56. The number of benzene rings is 1. The van der Waals surface area contributed by atoms with Crippen molar-refractivity contribution >= 4 is 21.6 Å². The van der Waals surface area contributed by atoms with E-state index in [-0.39, 0.29) is 17.7 Å². The predicted molar refractivity (Wildman–Crippen MR) is 82.6 cm³/mol. The van der Waals surface area contributed by atoms with Gasteiger partial charge in [-0.05, 0) is 45.8 Å². The van der Waals surface area contributed by atoms with Crippen LogP contribution in [0.15, 0.2) is 22.7 Å². The lowest BCUT2D eigenvalue weighted by molar-refractivity contribution is -0.385. The topological polar surface area (TPSA) is 75.4 Å². The summed E-state index contributed by atoms with van der Waals surface area (Å²) in [7, 11) is 0. The summed E-state index contributed by atoms with van der Waals surface area (Å²) in [5.41, 5.74) is 1.08. The van der Waals surface area contributed by atoms with Gasteiger partial charge in [0.15, 0.2) is 0 Å². The van der Waals surface area contributed by atoms with Gasteiger partial charge in [-0.25, -0.2) is 0 Å². The molecule has 0 bridgehead atoms. The maximum absolute atomic E-state index is 10.9. The second-order valence-electron chi connectivity index (χ2n) is 5.64. The lowest BCUT2D eigenvalue weighted by Crippen LogP contribution is -2.29. The molecule has 0 radical (unpaired) electrons. The lowest BCUT2D eigenvalue weighted by atomic mass is 9.88. The molecule has 1 aromatic carbocycles. The van der Waals surface area contributed by atoms with E-state index < -0.39 is 4.92 Å². The number of nitro groups is 1. The molecule has 1 aromatic rings. The quantitative estimate of drug-likeness (QED) is 0.560. The molecule has 0 saturated carbocycles. The van der Waals surface area contributed by atoms with E-state index in [1.807, 2.05) is 6.07 Å². The van der Waals surface area contributed by atoms with Crippen LogP contribution in [-0.2, 0) is 6.54 Å². The largest absolute Gasteiger partial charge is 0.396 e. The van der Waals surface area contributed by atoms with Crippen LogP contribution in [-0.4, -0.2) is 23.2 Å². The number of nitrogens with one attached hydrogen (secondary N) is 1. The van der Waals surface area contributed by atoms with Gasteiger partial charge in [-0.2, -0.15) is 0 Å². The Kier molecular flexibility index (Phi) is 6.58. The molecule has 20 heavy (non-hydrogen) atoms. The van der Waals surface area contributed by atoms with E-state index in [1.54, 1.807) is 12.1 Å². The van der Waals surface area contributed by atoms with Crippen LogP contribution in [0.25, 0.3) is 0 Å². The first kappa shape index (κ1) is 17.1. The first-order valence-corrected chi connectivity index (χ1v) is 7.39. The van der Waals surface area contributed by atoms with E-state index in [2.05, 4.69) is 35.1 Å². The number of halogens is 1. The van der Waals surface area contributed by atoms with Gasteiger partial charge >= 0.3 is 0 Å². The molecule has 2 N–H and O–H groups in total. The van der Waals surface area contributed by atoms with Crippen LogP contribution in [0.1, 0.15) is 32.3 Å². The van der Waals surface area contributed by atoms with Crippen molar-refractivity contribution < 1.29 is 10.0 Å². The van der Waals surface area contributed by atoms with Crippen LogP contribution >= 0.6 is 15.9 Å². The Balaban J connectivity index is 2.54. The van der Waals surface area contributed by atoms with E-state index in [0.717, 1.165) is 24.9 Å². The van der Waals surface area contributed by atoms with Crippen molar-refractivity contribution in [3.63, 3.8) is 0 Å². The molecule has 0 saturated heterocycles. The maximum atomic E-state index is 10.9. The number of aliphatic hydroxyl groups is 1. The van der Waals surface area contributed by atoms with Crippen molar-refractivity contribution in [3.05, 3.63) is 38.3 Å². The zero-order valence-corrected chi connectivity index (χ0v) is 13.4. The van der Waals surface area contributed by atoms with E-state index in [0.29, 0.717) is 11.0 Å². The maximum Gasteiger partial charge on any atom is 0.283 e. The van der Waals surface area contributed by atoms with Gasteiger partial charge in [-0.1, -0.05) is 19.9 Å². The van der Waals surface area contributed by atoms with Gasteiger partial charge in [-0.3, -0.25) is 10.1 Å². The Bertz CT molecular complexity index is 464. The van der Waals surface area contributed by atoms with Crippen LogP contribution in [0, 0.1) is 15.5 Å². The number of rotatable bonds is 8. The van der Waals surface area contributed by atoms with Crippen LogP contribution in [0.5, 0.6) is 0 Å². The van der Waals surface area contributed by atoms with Crippen molar-refractivity contribution in [2.24, 2.45) is 5.41 Å². The van der Waals surface area contributed by atoms with Crippen LogP contribution in [0.4, 0.5) is 5.69 Å². The fraction of sp³-hybridized carbons (Fsp3) is 0.571. The third-order valence-corrected chi connectivity index (χ3v) is 3.82. The number of nitrogens with zero attached hydrogens (tertiary/aromatic N) is 1. The Morgan fingerprint density at radius 1 is 1.45 bits per heavy atom.